The van der Waals surface area contributed by atoms with Crippen molar-refractivity contribution < 1.29 is 22.4 Å². The summed E-state index contributed by atoms with van der Waals surface area (Å²) in [4.78, 5) is 28.3. The van der Waals surface area contributed by atoms with Crippen LogP contribution in [-0.4, -0.2) is 80.7 Å². The van der Waals surface area contributed by atoms with Crippen LogP contribution in [0.5, 0.6) is 0 Å². The van der Waals surface area contributed by atoms with Crippen molar-refractivity contribution in [3.8, 4) is 0 Å². The first-order chi connectivity index (χ1) is 15.1. The number of carbonyl (C=O) groups excluding carboxylic acids is 2. The fourth-order valence-electron chi connectivity index (χ4n) is 3.25. The van der Waals surface area contributed by atoms with Gasteiger partial charge in [-0.3, -0.25) is 14.5 Å². The summed E-state index contributed by atoms with van der Waals surface area (Å²) in [5.41, 5.74) is 0.509. The summed E-state index contributed by atoms with van der Waals surface area (Å²) in [6, 6.07) is 11.3. The molecule has 1 aliphatic heterocycles. The van der Waals surface area contributed by atoms with Gasteiger partial charge in [0.2, 0.25) is 21.8 Å². The number of likely N-dealkylation sites (N-methyl/N-ethyl adjacent to an activating group) is 1. The molecule has 0 saturated carbocycles. The molecule has 2 aromatic carbocycles. The Kier molecular flexibility index (Phi) is 7.83. The lowest BCUT2D eigenvalue weighted by molar-refractivity contribution is -0.133. The van der Waals surface area contributed by atoms with E-state index in [2.05, 4.69) is 5.32 Å². The first-order valence-corrected chi connectivity index (χ1v) is 11.7. The van der Waals surface area contributed by atoms with Crippen LogP contribution in [0, 0.1) is 5.82 Å². The Bertz CT molecular complexity index is 1060. The minimum absolute atomic E-state index is 0.0641. The quantitative estimate of drug-likeness (QED) is 0.651. The largest absolute Gasteiger partial charge is 0.339 e. The van der Waals surface area contributed by atoms with Gasteiger partial charge in [0.25, 0.3) is 0 Å². The minimum Gasteiger partial charge on any atom is -0.339 e. The van der Waals surface area contributed by atoms with Crippen LogP contribution in [0.15, 0.2) is 53.4 Å². The minimum atomic E-state index is -3.81. The number of hydrogen-bond donors (Lipinski definition) is 1. The van der Waals surface area contributed by atoms with Crippen molar-refractivity contribution in [2.24, 2.45) is 0 Å². The normalized spacial score (nSPS) is 15.1. The van der Waals surface area contributed by atoms with Gasteiger partial charge in [0.05, 0.1) is 18.0 Å². The maximum Gasteiger partial charge on any atom is 0.243 e. The number of piperazine rings is 1. The molecule has 0 bridgehead atoms. The van der Waals surface area contributed by atoms with Crippen LogP contribution in [0.3, 0.4) is 0 Å². The maximum atomic E-state index is 12.9. The number of rotatable bonds is 7. The lowest BCUT2D eigenvalue weighted by atomic mass is 10.3. The van der Waals surface area contributed by atoms with Gasteiger partial charge < -0.3 is 10.2 Å². The fourth-order valence-corrected chi connectivity index (χ4v) is 4.50. The van der Waals surface area contributed by atoms with Crippen LogP contribution in [-0.2, 0) is 19.6 Å². The van der Waals surface area contributed by atoms with Gasteiger partial charge in [-0.15, -0.1) is 0 Å². The molecule has 1 aliphatic rings. The van der Waals surface area contributed by atoms with Crippen LogP contribution in [0.2, 0.25) is 5.02 Å². The van der Waals surface area contributed by atoms with Gasteiger partial charge in [-0.1, -0.05) is 11.6 Å². The molecule has 1 heterocycles. The number of sulfonamides is 1. The van der Waals surface area contributed by atoms with Crippen molar-refractivity contribution >= 4 is 39.1 Å². The Morgan fingerprint density at radius 2 is 1.62 bits per heavy atom. The number of halogens is 2. The summed E-state index contributed by atoms with van der Waals surface area (Å²) in [7, 11) is -2.45. The third-order valence-corrected chi connectivity index (χ3v) is 7.17. The Morgan fingerprint density at radius 3 is 2.22 bits per heavy atom. The molecule has 1 N–H and O–H groups in total. The van der Waals surface area contributed by atoms with Gasteiger partial charge in [0.15, 0.2) is 0 Å². The van der Waals surface area contributed by atoms with Crippen LogP contribution in [0.1, 0.15) is 0 Å². The summed E-state index contributed by atoms with van der Waals surface area (Å²) in [6.45, 7) is 1.60. The number of benzene rings is 2. The van der Waals surface area contributed by atoms with Crippen LogP contribution < -0.4 is 5.32 Å². The molecule has 1 saturated heterocycles. The van der Waals surface area contributed by atoms with E-state index in [0.29, 0.717) is 36.9 Å². The van der Waals surface area contributed by atoms with Crippen LogP contribution >= 0.6 is 11.6 Å². The lowest BCUT2D eigenvalue weighted by Gasteiger charge is -2.35. The average Bonchev–Trinajstić information content (AvgIpc) is 2.76. The van der Waals surface area contributed by atoms with Gasteiger partial charge in [0.1, 0.15) is 5.82 Å². The van der Waals surface area contributed by atoms with E-state index >= 15 is 0 Å². The van der Waals surface area contributed by atoms with Gasteiger partial charge in [-0.2, -0.15) is 4.31 Å². The number of amides is 2. The van der Waals surface area contributed by atoms with Gasteiger partial charge in [0, 0.05) is 43.9 Å². The van der Waals surface area contributed by atoms with E-state index in [0.717, 1.165) is 4.31 Å². The molecular formula is C21H24ClFN4O4S. The summed E-state index contributed by atoms with van der Waals surface area (Å²) in [5.74, 6) is -0.916. The number of hydrogen-bond acceptors (Lipinski definition) is 5. The lowest BCUT2D eigenvalue weighted by Crippen LogP contribution is -2.52. The number of carbonyl (C=O) groups is 2. The summed E-state index contributed by atoms with van der Waals surface area (Å²) >= 11 is 5.80. The highest BCUT2D eigenvalue weighted by molar-refractivity contribution is 7.89. The molecule has 11 heteroatoms. The molecule has 172 valence electrons. The maximum absolute atomic E-state index is 12.9. The Labute approximate surface area is 191 Å². The molecular weight excluding hydrogens is 459 g/mol. The average molecular weight is 483 g/mol. The zero-order valence-corrected chi connectivity index (χ0v) is 19.1. The second-order valence-corrected chi connectivity index (χ2v) is 9.91. The highest BCUT2D eigenvalue weighted by atomic mass is 35.5. The molecule has 32 heavy (non-hydrogen) atoms. The molecule has 0 aliphatic carbocycles. The zero-order chi connectivity index (χ0) is 23.3. The zero-order valence-electron chi connectivity index (χ0n) is 17.5. The summed E-state index contributed by atoms with van der Waals surface area (Å²) in [5, 5.41) is 3.13. The third-order valence-electron chi connectivity index (χ3n) is 5.10. The number of nitrogens with one attached hydrogen (secondary N) is 1. The van der Waals surface area contributed by atoms with Crippen LogP contribution in [0.4, 0.5) is 10.1 Å². The van der Waals surface area contributed by atoms with E-state index in [1.807, 2.05) is 4.90 Å². The highest BCUT2D eigenvalue weighted by Gasteiger charge is 2.27. The second kappa shape index (κ2) is 10.4. The fraction of sp³-hybridized carbons (Fsp3) is 0.333. The molecule has 8 nitrogen and oxygen atoms in total. The van der Waals surface area contributed by atoms with Gasteiger partial charge >= 0.3 is 0 Å². The number of nitrogens with zero attached hydrogens (tertiary/aromatic N) is 3. The Morgan fingerprint density at radius 1 is 1.03 bits per heavy atom. The third kappa shape index (κ3) is 6.26. The molecule has 0 unspecified atom stereocenters. The molecule has 0 radical (unpaired) electrons. The molecule has 1 fully saturated rings. The summed E-state index contributed by atoms with van der Waals surface area (Å²) in [6.07, 6.45) is 0. The standard InChI is InChI=1S/C21H24ClFN4O4S/c1-25(32(30,31)19-8-2-16(22)3-9-19)15-21(29)27-12-10-26(11-13-27)14-20(28)24-18-6-4-17(23)5-7-18/h2-9H,10-15H2,1H3,(H,24,28). The van der Waals surface area contributed by atoms with Crippen molar-refractivity contribution in [1.82, 2.24) is 14.1 Å². The Balaban J connectivity index is 1.47. The van der Waals surface area contributed by atoms with Crippen LogP contribution in [0.25, 0.3) is 0 Å². The molecule has 2 aromatic rings. The van der Waals surface area contributed by atoms with Crippen molar-refractivity contribution in [1.29, 1.82) is 0 Å². The monoisotopic (exact) mass is 482 g/mol. The SMILES string of the molecule is CN(CC(=O)N1CCN(CC(=O)Nc2ccc(F)cc2)CC1)S(=O)(=O)c1ccc(Cl)cc1. The second-order valence-electron chi connectivity index (χ2n) is 7.43. The molecule has 0 atom stereocenters. The van der Waals surface area contributed by atoms with Crippen molar-refractivity contribution in [3.05, 3.63) is 59.4 Å². The predicted molar refractivity (Wildman–Crippen MR) is 119 cm³/mol. The summed E-state index contributed by atoms with van der Waals surface area (Å²) < 4.78 is 39.2. The van der Waals surface area contributed by atoms with E-state index in [4.69, 9.17) is 11.6 Å². The smallest absolute Gasteiger partial charge is 0.243 e. The molecule has 0 spiro atoms. The Hall–Kier alpha value is -2.53. The molecule has 3 rings (SSSR count). The first-order valence-electron chi connectivity index (χ1n) is 9.92. The molecule has 0 aromatic heterocycles. The topological polar surface area (TPSA) is 90.0 Å². The van der Waals surface area contributed by atoms with Gasteiger partial charge in [-0.25, -0.2) is 12.8 Å². The number of anilines is 1. The van der Waals surface area contributed by atoms with E-state index in [1.165, 1.54) is 55.6 Å². The highest BCUT2D eigenvalue weighted by Crippen LogP contribution is 2.18. The predicted octanol–water partition coefficient (Wildman–Crippen LogP) is 1.88. The molecule has 2 amide bonds. The van der Waals surface area contributed by atoms with Crippen molar-refractivity contribution in [2.75, 3.05) is 51.6 Å². The van der Waals surface area contributed by atoms with Crippen molar-refractivity contribution in [3.63, 3.8) is 0 Å². The van der Waals surface area contributed by atoms with E-state index in [9.17, 15) is 22.4 Å². The van der Waals surface area contributed by atoms with Gasteiger partial charge in [-0.05, 0) is 48.5 Å². The van der Waals surface area contributed by atoms with E-state index < -0.39 is 10.0 Å². The first kappa shape index (κ1) is 24.1. The van der Waals surface area contributed by atoms with E-state index in [-0.39, 0.29) is 35.6 Å². The van der Waals surface area contributed by atoms with Crippen molar-refractivity contribution in [2.45, 2.75) is 4.90 Å². The van der Waals surface area contributed by atoms with E-state index in [1.54, 1.807) is 4.90 Å².